The van der Waals surface area contributed by atoms with E-state index in [2.05, 4.69) is 19.0 Å². The van der Waals surface area contributed by atoms with Crippen LogP contribution in [0.25, 0.3) is 0 Å². The molecule has 1 N–H and O–H groups in total. The second-order valence-corrected chi connectivity index (χ2v) is 2.90. The maximum absolute atomic E-state index is 8.49. The Kier molecular flexibility index (Phi) is 1.74. The average Bonchev–Trinajstić information content (AvgIpc) is 2.12. The van der Waals surface area contributed by atoms with Crippen LogP contribution in [0.1, 0.15) is 26.7 Å². The van der Waals surface area contributed by atoms with E-state index in [1.54, 1.807) is 0 Å². The molecule has 0 aromatic heterocycles. The van der Waals surface area contributed by atoms with Crippen molar-refractivity contribution in [3.05, 3.63) is 0 Å². The first-order valence-electron chi connectivity index (χ1n) is 3.47. The molecule has 0 saturated heterocycles. The molecule has 2 unspecified atom stereocenters. The van der Waals surface area contributed by atoms with E-state index in [4.69, 9.17) is 5.21 Å². The van der Waals surface area contributed by atoms with Crippen molar-refractivity contribution in [3.8, 4) is 0 Å². The zero-order valence-electron chi connectivity index (χ0n) is 5.96. The summed E-state index contributed by atoms with van der Waals surface area (Å²) in [6.45, 7) is 4.22. The Morgan fingerprint density at radius 3 is 2.00 bits per heavy atom. The molecule has 1 fully saturated rings. The lowest BCUT2D eigenvalue weighted by molar-refractivity contribution is 0.314. The summed E-state index contributed by atoms with van der Waals surface area (Å²) in [7, 11) is 0. The molecule has 2 atom stereocenters. The van der Waals surface area contributed by atoms with E-state index in [0.29, 0.717) is 11.8 Å². The number of hydrogen-bond acceptors (Lipinski definition) is 2. The highest BCUT2D eigenvalue weighted by Crippen LogP contribution is 2.26. The van der Waals surface area contributed by atoms with Crippen LogP contribution in [0.15, 0.2) is 5.16 Å². The van der Waals surface area contributed by atoms with Gasteiger partial charge in [0.25, 0.3) is 0 Å². The van der Waals surface area contributed by atoms with Gasteiger partial charge >= 0.3 is 0 Å². The fourth-order valence-corrected chi connectivity index (χ4v) is 1.48. The predicted molar refractivity (Wildman–Crippen MR) is 36.8 cm³/mol. The largest absolute Gasteiger partial charge is 0.411 e. The summed E-state index contributed by atoms with van der Waals surface area (Å²) in [5.41, 5.74) is 0.981. The maximum Gasteiger partial charge on any atom is 0.0626 e. The van der Waals surface area contributed by atoms with Gasteiger partial charge in [-0.15, -0.1) is 0 Å². The van der Waals surface area contributed by atoms with E-state index in [9.17, 15) is 0 Å². The van der Waals surface area contributed by atoms with Gasteiger partial charge in [-0.05, 0) is 24.7 Å². The molecule has 0 aromatic carbocycles. The molecule has 2 nitrogen and oxygen atoms in total. The highest BCUT2D eigenvalue weighted by atomic mass is 16.4. The number of rotatable bonds is 0. The van der Waals surface area contributed by atoms with Crippen molar-refractivity contribution < 1.29 is 5.21 Å². The normalized spacial score (nSPS) is 35.1. The molecule has 1 aliphatic carbocycles. The third-order valence-electron chi connectivity index (χ3n) is 2.16. The molecular formula is C7H13NO. The van der Waals surface area contributed by atoms with Crippen molar-refractivity contribution in [3.63, 3.8) is 0 Å². The topological polar surface area (TPSA) is 32.6 Å². The fraction of sp³-hybridized carbons (Fsp3) is 0.857. The summed E-state index contributed by atoms with van der Waals surface area (Å²) >= 11 is 0. The van der Waals surface area contributed by atoms with Crippen molar-refractivity contribution in [2.45, 2.75) is 26.7 Å². The molecule has 0 amide bonds. The first kappa shape index (κ1) is 6.59. The zero-order chi connectivity index (χ0) is 6.85. The maximum atomic E-state index is 8.49. The van der Waals surface area contributed by atoms with Crippen molar-refractivity contribution in [2.75, 3.05) is 0 Å². The molecule has 1 aliphatic rings. The van der Waals surface area contributed by atoms with Gasteiger partial charge in [-0.25, -0.2) is 0 Å². The van der Waals surface area contributed by atoms with Gasteiger partial charge in [-0.2, -0.15) is 0 Å². The van der Waals surface area contributed by atoms with Gasteiger partial charge in [-0.3, -0.25) is 0 Å². The minimum atomic E-state index is 0.505. The highest BCUT2D eigenvalue weighted by Gasteiger charge is 2.25. The molecule has 0 bridgehead atoms. The Morgan fingerprint density at radius 1 is 1.33 bits per heavy atom. The fourth-order valence-electron chi connectivity index (χ4n) is 1.48. The molecule has 1 saturated carbocycles. The first-order valence-corrected chi connectivity index (χ1v) is 3.47. The highest BCUT2D eigenvalue weighted by molar-refractivity contribution is 5.89. The summed E-state index contributed by atoms with van der Waals surface area (Å²) < 4.78 is 0. The van der Waals surface area contributed by atoms with Crippen LogP contribution >= 0.6 is 0 Å². The predicted octanol–water partition coefficient (Wildman–Crippen LogP) is 1.88. The molecule has 0 aliphatic heterocycles. The van der Waals surface area contributed by atoms with Crippen LogP contribution in [0, 0.1) is 11.8 Å². The van der Waals surface area contributed by atoms with Crippen LogP contribution in [0.4, 0.5) is 0 Å². The molecule has 0 spiro atoms. The van der Waals surface area contributed by atoms with Crippen LogP contribution < -0.4 is 0 Å². The molecule has 52 valence electrons. The lowest BCUT2D eigenvalue weighted by Gasteiger charge is -2.02. The van der Waals surface area contributed by atoms with E-state index >= 15 is 0 Å². The summed E-state index contributed by atoms with van der Waals surface area (Å²) in [6.07, 6.45) is 2.36. The smallest absolute Gasteiger partial charge is 0.0626 e. The van der Waals surface area contributed by atoms with E-state index in [1.807, 2.05) is 0 Å². The first-order chi connectivity index (χ1) is 4.25. The van der Waals surface area contributed by atoms with Gasteiger partial charge in [0.1, 0.15) is 0 Å². The lowest BCUT2D eigenvalue weighted by Crippen LogP contribution is -2.08. The Bertz CT molecular complexity index is 119. The Balaban J connectivity index is 2.66. The zero-order valence-corrected chi connectivity index (χ0v) is 5.96. The van der Waals surface area contributed by atoms with Crippen LogP contribution in [-0.4, -0.2) is 10.9 Å². The SMILES string of the molecule is CC1CCC(C)C1=NO. The number of hydrogen-bond donors (Lipinski definition) is 1. The molecule has 1 rings (SSSR count). The van der Waals surface area contributed by atoms with Crippen LogP contribution in [0.2, 0.25) is 0 Å². The third kappa shape index (κ3) is 1.07. The second-order valence-electron chi connectivity index (χ2n) is 2.90. The molecule has 2 heteroatoms. The molecule has 0 radical (unpaired) electrons. The van der Waals surface area contributed by atoms with Crippen LogP contribution in [-0.2, 0) is 0 Å². The Morgan fingerprint density at radius 2 is 1.78 bits per heavy atom. The van der Waals surface area contributed by atoms with Gasteiger partial charge in [0.15, 0.2) is 0 Å². The summed E-state index contributed by atoms with van der Waals surface area (Å²) in [5.74, 6) is 1.01. The number of nitrogens with zero attached hydrogens (tertiary/aromatic N) is 1. The molecule has 0 heterocycles. The quantitative estimate of drug-likeness (QED) is 0.391. The van der Waals surface area contributed by atoms with Gasteiger partial charge in [0.05, 0.1) is 5.71 Å². The second kappa shape index (κ2) is 2.38. The molecule has 0 aromatic rings. The summed E-state index contributed by atoms with van der Waals surface area (Å²) in [4.78, 5) is 0. The van der Waals surface area contributed by atoms with Crippen LogP contribution in [0.3, 0.4) is 0 Å². The summed E-state index contributed by atoms with van der Waals surface area (Å²) in [5, 5.41) is 11.8. The molecular weight excluding hydrogens is 114 g/mol. The average molecular weight is 127 g/mol. The van der Waals surface area contributed by atoms with Crippen molar-refractivity contribution in [1.29, 1.82) is 0 Å². The standard InChI is InChI=1S/C7H13NO/c1-5-3-4-6(2)7(5)8-9/h5-6,9H,3-4H2,1-2H3. The van der Waals surface area contributed by atoms with Gasteiger partial charge in [0.2, 0.25) is 0 Å². The minimum absolute atomic E-state index is 0.505. The third-order valence-corrected chi connectivity index (χ3v) is 2.16. The van der Waals surface area contributed by atoms with Gasteiger partial charge in [0, 0.05) is 0 Å². The molecule has 9 heavy (non-hydrogen) atoms. The van der Waals surface area contributed by atoms with Crippen molar-refractivity contribution >= 4 is 5.71 Å². The monoisotopic (exact) mass is 127 g/mol. The van der Waals surface area contributed by atoms with Crippen molar-refractivity contribution in [1.82, 2.24) is 0 Å². The van der Waals surface area contributed by atoms with E-state index < -0.39 is 0 Å². The van der Waals surface area contributed by atoms with Crippen LogP contribution in [0.5, 0.6) is 0 Å². The van der Waals surface area contributed by atoms with E-state index in [1.165, 1.54) is 12.8 Å². The van der Waals surface area contributed by atoms with E-state index in [-0.39, 0.29) is 0 Å². The minimum Gasteiger partial charge on any atom is -0.411 e. The Hall–Kier alpha value is -0.530. The number of oxime groups is 1. The van der Waals surface area contributed by atoms with E-state index in [0.717, 1.165) is 5.71 Å². The van der Waals surface area contributed by atoms with Crippen molar-refractivity contribution in [2.24, 2.45) is 17.0 Å². The van der Waals surface area contributed by atoms with Gasteiger partial charge < -0.3 is 5.21 Å². The van der Waals surface area contributed by atoms with Gasteiger partial charge in [-0.1, -0.05) is 19.0 Å². The lowest BCUT2D eigenvalue weighted by atomic mass is 10.1. The summed E-state index contributed by atoms with van der Waals surface area (Å²) in [6, 6.07) is 0. The Labute approximate surface area is 55.6 Å².